The van der Waals surface area contributed by atoms with Crippen LogP contribution >= 0.6 is 0 Å². The maximum absolute atomic E-state index is 11.5. The Hall–Kier alpha value is -0.410. The standard InChI is InChI=1S/C14H25NO2/c16-13-14(6-3-1-2-4-7-14)12-15-8-5-10-17-11-9-15/h13H,1-12H2. The van der Waals surface area contributed by atoms with E-state index >= 15 is 0 Å². The Kier molecular flexibility index (Phi) is 4.99. The molecule has 0 amide bonds. The number of aldehydes is 1. The summed E-state index contributed by atoms with van der Waals surface area (Å²) in [6.07, 6.45) is 9.60. The van der Waals surface area contributed by atoms with E-state index in [1.807, 2.05) is 0 Å². The van der Waals surface area contributed by atoms with E-state index in [4.69, 9.17) is 4.74 Å². The van der Waals surface area contributed by atoms with E-state index < -0.39 is 0 Å². The molecule has 0 aromatic carbocycles. The van der Waals surface area contributed by atoms with Gasteiger partial charge in [-0.2, -0.15) is 0 Å². The minimum atomic E-state index is -0.0547. The molecule has 1 saturated carbocycles. The van der Waals surface area contributed by atoms with Crippen molar-refractivity contribution >= 4 is 6.29 Å². The van der Waals surface area contributed by atoms with Crippen LogP contribution in [0.4, 0.5) is 0 Å². The van der Waals surface area contributed by atoms with Crippen molar-refractivity contribution in [1.82, 2.24) is 4.90 Å². The van der Waals surface area contributed by atoms with Gasteiger partial charge < -0.3 is 9.53 Å². The number of ether oxygens (including phenoxy) is 1. The van der Waals surface area contributed by atoms with Gasteiger partial charge in [-0.25, -0.2) is 0 Å². The molecule has 0 unspecified atom stereocenters. The van der Waals surface area contributed by atoms with Gasteiger partial charge in [0.25, 0.3) is 0 Å². The van der Waals surface area contributed by atoms with E-state index in [1.165, 1.54) is 32.0 Å². The Labute approximate surface area is 105 Å². The summed E-state index contributed by atoms with van der Waals surface area (Å²) < 4.78 is 5.48. The second-order valence-corrected chi connectivity index (χ2v) is 5.64. The van der Waals surface area contributed by atoms with Crippen LogP contribution in [0.25, 0.3) is 0 Å². The third-order valence-electron chi connectivity index (χ3n) is 4.20. The molecule has 1 saturated heterocycles. The zero-order chi connectivity index (χ0) is 12.0. The van der Waals surface area contributed by atoms with Crippen molar-refractivity contribution in [3.05, 3.63) is 0 Å². The molecule has 2 aliphatic rings. The summed E-state index contributed by atoms with van der Waals surface area (Å²) in [6, 6.07) is 0. The lowest BCUT2D eigenvalue weighted by atomic mass is 9.81. The third kappa shape index (κ3) is 3.78. The van der Waals surface area contributed by atoms with Crippen molar-refractivity contribution in [1.29, 1.82) is 0 Å². The minimum absolute atomic E-state index is 0.0547. The van der Waals surface area contributed by atoms with E-state index in [0.29, 0.717) is 0 Å². The summed E-state index contributed by atoms with van der Waals surface area (Å²) in [5.41, 5.74) is -0.0547. The highest BCUT2D eigenvalue weighted by Crippen LogP contribution is 2.34. The monoisotopic (exact) mass is 239 g/mol. The maximum Gasteiger partial charge on any atom is 0.127 e. The van der Waals surface area contributed by atoms with E-state index in [-0.39, 0.29) is 5.41 Å². The molecule has 0 bridgehead atoms. The lowest BCUT2D eigenvalue weighted by Gasteiger charge is -2.32. The number of carbonyl (C=O) groups excluding carboxylic acids is 1. The predicted octanol–water partition coefficient (Wildman–Crippen LogP) is 2.25. The van der Waals surface area contributed by atoms with E-state index in [1.54, 1.807) is 0 Å². The van der Waals surface area contributed by atoms with Gasteiger partial charge in [0.15, 0.2) is 0 Å². The molecule has 0 N–H and O–H groups in total. The summed E-state index contributed by atoms with van der Waals surface area (Å²) >= 11 is 0. The molecular formula is C14H25NO2. The fourth-order valence-electron chi connectivity index (χ4n) is 3.15. The molecule has 0 aromatic rings. The largest absolute Gasteiger partial charge is 0.380 e. The van der Waals surface area contributed by atoms with Crippen LogP contribution in [0.5, 0.6) is 0 Å². The molecule has 1 aliphatic carbocycles. The number of hydrogen-bond acceptors (Lipinski definition) is 3. The van der Waals surface area contributed by atoms with Crippen molar-refractivity contribution in [2.75, 3.05) is 32.8 Å². The quantitative estimate of drug-likeness (QED) is 0.559. The van der Waals surface area contributed by atoms with Gasteiger partial charge in [0, 0.05) is 31.7 Å². The Morgan fingerprint density at radius 2 is 1.76 bits per heavy atom. The normalized spacial score (nSPS) is 27.1. The second kappa shape index (κ2) is 6.50. The van der Waals surface area contributed by atoms with Crippen molar-refractivity contribution in [2.24, 2.45) is 5.41 Å². The molecule has 2 fully saturated rings. The molecular weight excluding hydrogens is 214 g/mol. The molecule has 0 aromatic heterocycles. The average Bonchev–Trinajstić information content (AvgIpc) is 2.73. The van der Waals surface area contributed by atoms with Crippen molar-refractivity contribution in [2.45, 2.75) is 44.9 Å². The van der Waals surface area contributed by atoms with Crippen LogP contribution in [0.1, 0.15) is 44.9 Å². The summed E-state index contributed by atoms with van der Waals surface area (Å²) in [6.45, 7) is 4.75. The van der Waals surface area contributed by atoms with Gasteiger partial charge in [0.05, 0.1) is 6.61 Å². The first-order valence-corrected chi connectivity index (χ1v) is 7.11. The molecule has 1 heterocycles. The van der Waals surface area contributed by atoms with E-state index in [2.05, 4.69) is 4.90 Å². The Morgan fingerprint density at radius 3 is 2.47 bits per heavy atom. The fraction of sp³-hybridized carbons (Fsp3) is 0.929. The van der Waals surface area contributed by atoms with Crippen molar-refractivity contribution in [3.63, 3.8) is 0 Å². The summed E-state index contributed by atoms with van der Waals surface area (Å²) in [5.74, 6) is 0. The molecule has 0 spiro atoms. The Balaban J connectivity index is 1.93. The zero-order valence-electron chi connectivity index (χ0n) is 10.8. The van der Waals surface area contributed by atoms with Crippen LogP contribution in [-0.2, 0) is 9.53 Å². The van der Waals surface area contributed by atoms with Gasteiger partial charge in [-0.05, 0) is 19.3 Å². The number of hydrogen-bond donors (Lipinski definition) is 0. The Bertz CT molecular complexity index is 226. The first kappa shape index (κ1) is 13.0. The highest BCUT2D eigenvalue weighted by Gasteiger charge is 2.32. The molecule has 3 heteroatoms. The van der Waals surface area contributed by atoms with Gasteiger partial charge in [0.2, 0.25) is 0 Å². The SMILES string of the molecule is O=CC1(CN2CCCOCC2)CCCCCC1. The van der Waals surface area contributed by atoms with E-state index in [9.17, 15) is 4.79 Å². The van der Waals surface area contributed by atoms with Gasteiger partial charge in [0.1, 0.15) is 6.29 Å². The molecule has 98 valence electrons. The highest BCUT2D eigenvalue weighted by molar-refractivity contribution is 5.59. The summed E-state index contributed by atoms with van der Waals surface area (Å²) in [4.78, 5) is 14.0. The fourth-order valence-corrected chi connectivity index (χ4v) is 3.15. The first-order valence-electron chi connectivity index (χ1n) is 7.11. The van der Waals surface area contributed by atoms with Crippen LogP contribution in [0.15, 0.2) is 0 Å². The summed E-state index contributed by atoms with van der Waals surface area (Å²) in [5, 5.41) is 0. The molecule has 0 atom stereocenters. The molecule has 2 rings (SSSR count). The maximum atomic E-state index is 11.5. The van der Waals surface area contributed by atoms with Crippen LogP contribution in [0.3, 0.4) is 0 Å². The lowest BCUT2D eigenvalue weighted by Crippen LogP contribution is -2.40. The van der Waals surface area contributed by atoms with E-state index in [0.717, 1.165) is 52.1 Å². The van der Waals surface area contributed by atoms with Crippen LogP contribution < -0.4 is 0 Å². The highest BCUT2D eigenvalue weighted by atomic mass is 16.5. The number of rotatable bonds is 3. The number of nitrogens with zero attached hydrogens (tertiary/aromatic N) is 1. The van der Waals surface area contributed by atoms with Crippen LogP contribution in [0, 0.1) is 5.41 Å². The minimum Gasteiger partial charge on any atom is -0.380 e. The van der Waals surface area contributed by atoms with Gasteiger partial charge in [-0.1, -0.05) is 25.7 Å². The third-order valence-corrected chi connectivity index (χ3v) is 4.20. The average molecular weight is 239 g/mol. The molecule has 3 nitrogen and oxygen atoms in total. The van der Waals surface area contributed by atoms with Gasteiger partial charge in [-0.15, -0.1) is 0 Å². The second-order valence-electron chi connectivity index (χ2n) is 5.64. The lowest BCUT2D eigenvalue weighted by molar-refractivity contribution is -0.118. The van der Waals surface area contributed by atoms with Crippen LogP contribution in [-0.4, -0.2) is 44.0 Å². The topological polar surface area (TPSA) is 29.5 Å². The van der Waals surface area contributed by atoms with Crippen molar-refractivity contribution < 1.29 is 9.53 Å². The Morgan fingerprint density at radius 1 is 1.00 bits per heavy atom. The first-order chi connectivity index (χ1) is 8.35. The van der Waals surface area contributed by atoms with Gasteiger partial charge >= 0.3 is 0 Å². The predicted molar refractivity (Wildman–Crippen MR) is 68.1 cm³/mol. The van der Waals surface area contributed by atoms with Crippen LogP contribution in [0.2, 0.25) is 0 Å². The zero-order valence-corrected chi connectivity index (χ0v) is 10.8. The molecule has 0 radical (unpaired) electrons. The van der Waals surface area contributed by atoms with Crippen molar-refractivity contribution in [3.8, 4) is 0 Å². The summed E-state index contributed by atoms with van der Waals surface area (Å²) in [7, 11) is 0. The molecule has 17 heavy (non-hydrogen) atoms. The van der Waals surface area contributed by atoms with Gasteiger partial charge in [-0.3, -0.25) is 4.90 Å². The smallest absolute Gasteiger partial charge is 0.127 e. The number of carbonyl (C=O) groups is 1. The molecule has 1 aliphatic heterocycles.